The van der Waals surface area contributed by atoms with E-state index in [2.05, 4.69) is 49.4 Å². The van der Waals surface area contributed by atoms with Crippen LogP contribution in [0.25, 0.3) is 0 Å². The first kappa shape index (κ1) is 42.8. The number of esters is 2. The summed E-state index contributed by atoms with van der Waals surface area (Å²) in [5.41, 5.74) is 0. The zero-order valence-corrected chi connectivity index (χ0v) is 31.3. The summed E-state index contributed by atoms with van der Waals surface area (Å²) in [6, 6.07) is 0. The molecule has 0 aromatic rings. The Morgan fingerprint density at radius 3 is 1.48 bits per heavy atom. The van der Waals surface area contributed by atoms with Gasteiger partial charge < -0.3 is 24.2 Å². The van der Waals surface area contributed by atoms with Gasteiger partial charge in [0.1, 0.15) is 0 Å². The molecule has 1 heterocycles. The highest BCUT2D eigenvalue weighted by Gasteiger charge is 2.17. The number of piperazine rings is 1. The monoisotopic (exact) mass is 652 g/mol. The van der Waals surface area contributed by atoms with Crippen molar-refractivity contribution in [1.29, 1.82) is 0 Å². The summed E-state index contributed by atoms with van der Waals surface area (Å²) >= 11 is 0. The van der Waals surface area contributed by atoms with Crippen LogP contribution in [0.15, 0.2) is 0 Å². The minimum absolute atomic E-state index is 0.0955. The molecule has 2 unspecified atom stereocenters. The molecule has 1 aliphatic rings. The van der Waals surface area contributed by atoms with Crippen LogP contribution < -0.4 is 0 Å². The molecule has 7 nitrogen and oxygen atoms in total. The SMILES string of the molecule is CCCCCCC(CCCC)COC(=O)CCN(CCCCN1CCN(C)CC1)CCC(=O)OCC(CCCC)CCCCCC. The van der Waals surface area contributed by atoms with Crippen molar-refractivity contribution in [2.45, 2.75) is 156 Å². The van der Waals surface area contributed by atoms with E-state index < -0.39 is 0 Å². The van der Waals surface area contributed by atoms with E-state index in [0.29, 0.717) is 51.0 Å². The molecule has 0 aromatic carbocycles. The Hall–Kier alpha value is -1.18. The van der Waals surface area contributed by atoms with Crippen LogP contribution in [0, 0.1) is 11.8 Å². The summed E-state index contributed by atoms with van der Waals surface area (Å²) in [4.78, 5) is 32.9. The fourth-order valence-electron chi connectivity index (χ4n) is 6.47. The quantitative estimate of drug-likeness (QED) is 0.0549. The van der Waals surface area contributed by atoms with Crippen molar-refractivity contribution in [1.82, 2.24) is 14.7 Å². The van der Waals surface area contributed by atoms with Gasteiger partial charge in [-0.2, -0.15) is 0 Å². The lowest BCUT2D eigenvalue weighted by Gasteiger charge is -2.32. The second-order valence-electron chi connectivity index (χ2n) is 14.3. The lowest BCUT2D eigenvalue weighted by Crippen LogP contribution is -2.44. The van der Waals surface area contributed by atoms with Gasteiger partial charge in [-0.15, -0.1) is 0 Å². The number of nitrogens with zero attached hydrogens (tertiary/aromatic N) is 3. The van der Waals surface area contributed by atoms with E-state index >= 15 is 0 Å². The minimum Gasteiger partial charge on any atom is -0.465 e. The lowest BCUT2D eigenvalue weighted by atomic mass is 9.96. The van der Waals surface area contributed by atoms with Gasteiger partial charge in [0.2, 0.25) is 0 Å². The van der Waals surface area contributed by atoms with Crippen LogP contribution in [0.5, 0.6) is 0 Å². The largest absolute Gasteiger partial charge is 0.465 e. The van der Waals surface area contributed by atoms with Crippen molar-refractivity contribution in [3.63, 3.8) is 0 Å². The molecule has 0 radical (unpaired) electrons. The maximum Gasteiger partial charge on any atom is 0.307 e. The molecule has 0 spiro atoms. The van der Waals surface area contributed by atoms with E-state index in [9.17, 15) is 9.59 Å². The molecule has 272 valence electrons. The number of likely N-dealkylation sites (N-methyl/N-ethyl adjacent to an activating group) is 1. The molecule has 46 heavy (non-hydrogen) atoms. The van der Waals surface area contributed by atoms with Gasteiger partial charge in [0, 0.05) is 39.3 Å². The predicted octanol–water partition coefficient (Wildman–Crippen LogP) is 8.74. The Morgan fingerprint density at radius 2 is 1.02 bits per heavy atom. The first-order valence-electron chi connectivity index (χ1n) is 19.9. The normalized spacial score (nSPS) is 15.7. The Morgan fingerprint density at radius 1 is 0.565 bits per heavy atom. The highest BCUT2D eigenvalue weighted by atomic mass is 16.5. The van der Waals surface area contributed by atoms with Crippen LogP contribution in [-0.2, 0) is 19.1 Å². The number of carbonyl (C=O) groups excluding carboxylic acids is 2. The maximum atomic E-state index is 12.8. The Balaban J connectivity index is 2.56. The summed E-state index contributed by atoms with van der Waals surface area (Å²) in [5.74, 6) is 0.770. The molecule has 1 saturated heterocycles. The zero-order chi connectivity index (χ0) is 33.7. The average Bonchev–Trinajstić information content (AvgIpc) is 3.06. The highest BCUT2D eigenvalue weighted by Crippen LogP contribution is 2.19. The summed E-state index contributed by atoms with van der Waals surface area (Å²) in [7, 11) is 2.20. The smallest absolute Gasteiger partial charge is 0.307 e. The molecule has 0 amide bonds. The topological polar surface area (TPSA) is 62.3 Å². The van der Waals surface area contributed by atoms with Crippen molar-refractivity contribution >= 4 is 11.9 Å². The second kappa shape index (κ2) is 29.9. The molecule has 0 N–H and O–H groups in total. The summed E-state index contributed by atoms with van der Waals surface area (Å²) in [6.45, 7) is 18.0. The number of ether oxygens (including phenoxy) is 2. The van der Waals surface area contributed by atoms with E-state index in [1.165, 1.54) is 77.0 Å². The number of unbranched alkanes of at least 4 members (excludes halogenated alkanes) is 9. The highest BCUT2D eigenvalue weighted by molar-refractivity contribution is 5.70. The first-order valence-corrected chi connectivity index (χ1v) is 19.9. The average molecular weight is 652 g/mol. The molecule has 0 bridgehead atoms. The molecule has 7 heteroatoms. The fraction of sp³-hybridized carbons (Fsp3) is 0.949. The van der Waals surface area contributed by atoms with E-state index in [0.717, 1.165) is 77.8 Å². The summed E-state index contributed by atoms with van der Waals surface area (Å²) in [6.07, 6.45) is 22.5. The first-order chi connectivity index (χ1) is 22.4. The number of hydrogen-bond acceptors (Lipinski definition) is 7. The van der Waals surface area contributed by atoms with Crippen molar-refractivity contribution in [3.05, 3.63) is 0 Å². The van der Waals surface area contributed by atoms with Gasteiger partial charge in [0.15, 0.2) is 0 Å². The van der Waals surface area contributed by atoms with Gasteiger partial charge in [0.25, 0.3) is 0 Å². The molecule has 1 aliphatic heterocycles. The Bertz CT molecular complexity index is 669. The Labute approximate surface area is 285 Å². The Kier molecular flexibility index (Phi) is 27.9. The summed E-state index contributed by atoms with van der Waals surface area (Å²) in [5, 5.41) is 0. The molecular weight excluding hydrogens is 574 g/mol. The molecule has 0 saturated carbocycles. The molecule has 0 aromatic heterocycles. The third kappa shape index (κ3) is 24.0. The van der Waals surface area contributed by atoms with Gasteiger partial charge in [0.05, 0.1) is 26.1 Å². The van der Waals surface area contributed by atoms with E-state index in [4.69, 9.17) is 9.47 Å². The van der Waals surface area contributed by atoms with Gasteiger partial charge in [-0.25, -0.2) is 0 Å². The van der Waals surface area contributed by atoms with Crippen LogP contribution in [0.4, 0.5) is 0 Å². The van der Waals surface area contributed by atoms with Gasteiger partial charge in [-0.1, -0.05) is 105 Å². The van der Waals surface area contributed by atoms with Crippen LogP contribution >= 0.6 is 0 Å². The second-order valence-corrected chi connectivity index (χ2v) is 14.3. The maximum absolute atomic E-state index is 12.8. The zero-order valence-electron chi connectivity index (χ0n) is 31.3. The van der Waals surface area contributed by atoms with Crippen LogP contribution in [0.3, 0.4) is 0 Å². The van der Waals surface area contributed by atoms with Crippen LogP contribution in [0.2, 0.25) is 0 Å². The van der Waals surface area contributed by atoms with Crippen molar-refractivity contribution < 1.29 is 19.1 Å². The molecule has 1 fully saturated rings. The van der Waals surface area contributed by atoms with Gasteiger partial charge in [-0.3, -0.25) is 9.59 Å². The van der Waals surface area contributed by atoms with Gasteiger partial charge in [-0.05, 0) is 70.5 Å². The van der Waals surface area contributed by atoms with E-state index in [1.807, 2.05) is 0 Å². The van der Waals surface area contributed by atoms with Crippen LogP contribution in [-0.4, -0.2) is 99.3 Å². The van der Waals surface area contributed by atoms with Crippen molar-refractivity contribution in [2.24, 2.45) is 11.8 Å². The molecular formula is C39H77N3O4. The lowest BCUT2D eigenvalue weighted by molar-refractivity contribution is -0.145. The number of rotatable bonds is 31. The predicted molar refractivity (Wildman–Crippen MR) is 194 cm³/mol. The third-order valence-electron chi connectivity index (χ3n) is 9.88. The molecule has 1 rings (SSSR count). The van der Waals surface area contributed by atoms with Crippen molar-refractivity contribution in [3.8, 4) is 0 Å². The molecule has 2 atom stereocenters. The van der Waals surface area contributed by atoms with E-state index in [-0.39, 0.29) is 11.9 Å². The fourth-order valence-corrected chi connectivity index (χ4v) is 6.47. The molecule has 0 aliphatic carbocycles. The van der Waals surface area contributed by atoms with E-state index in [1.54, 1.807) is 0 Å². The standard InChI is InChI=1S/C39H77N3O4/c1-6-10-14-16-22-36(20-12-8-3)34-45-38(43)24-28-41(26-18-19-27-42-32-30-40(5)31-33-42)29-25-39(44)46-35-37(21-13-9-4)23-17-15-11-7-2/h36-37H,6-35H2,1-5H3. The number of carbonyl (C=O) groups is 2. The summed E-state index contributed by atoms with van der Waals surface area (Å²) < 4.78 is 11.6. The van der Waals surface area contributed by atoms with Gasteiger partial charge >= 0.3 is 11.9 Å². The number of hydrogen-bond donors (Lipinski definition) is 0. The third-order valence-corrected chi connectivity index (χ3v) is 9.88. The van der Waals surface area contributed by atoms with Crippen molar-refractivity contribution in [2.75, 3.05) is 72.6 Å². The minimum atomic E-state index is -0.0955. The van der Waals surface area contributed by atoms with Crippen LogP contribution in [0.1, 0.15) is 156 Å².